The van der Waals surface area contributed by atoms with E-state index in [4.69, 9.17) is 9.15 Å². The second-order valence-corrected chi connectivity index (χ2v) is 6.92. The number of hydrogen-bond acceptors (Lipinski definition) is 5. The summed E-state index contributed by atoms with van der Waals surface area (Å²) in [6, 6.07) is 12.7. The van der Waals surface area contributed by atoms with Gasteiger partial charge >= 0.3 is 0 Å². The summed E-state index contributed by atoms with van der Waals surface area (Å²) in [5, 5.41) is 9.53. The predicted molar refractivity (Wildman–Crippen MR) is 102 cm³/mol. The quantitative estimate of drug-likeness (QED) is 0.786. The maximum Gasteiger partial charge on any atom is 0.123 e. The Labute approximate surface area is 156 Å². The van der Waals surface area contributed by atoms with E-state index in [-0.39, 0.29) is 6.61 Å². The Hall–Kier alpha value is -1.82. The molecule has 1 N–H and O–H groups in total. The first-order valence-electron chi connectivity index (χ1n) is 9.53. The van der Waals surface area contributed by atoms with Gasteiger partial charge in [0.25, 0.3) is 0 Å². The Morgan fingerprint density at radius 2 is 2.00 bits per heavy atom. The maximum absolute atomic E-state index is 9.53. The molecule has 0 saturated carbocycles. The molecule has 0 unspecified atom stereocenters. The molecule has 0 radical (unpaired) electrons. The van der Waals surface area contributed by atoms with Crippen LogP contribution in [0.1, 0.15) is 30.4 Å². The number of piperazine rings is 1. The van der Waals surface area contributed by atoms with Crippen LogP contribution >= 0.6 is 0 Å². The van der Waals surface area contributed by atoms with Gasteiger partial charge in [-0.05, 0) is 38.5 Å². The number of furan rings is 1. The second-order valence-electron chi connectivity index (χ2n) is 6.92. The number of ether oxygens (including phenoxy) is 1. The molecule has 1 saturated heterocycles. The zero-order valence-electron chi connectivity index (χ0n) is 15.9. The number of para-hydroxylation sites is 1. The lowest BCUT2D eigenvalue weighted by Crippen LogP contribution is -2.52. The standard InChI is InChI=1S/C21H30N2O3/c1-3-25-21-7-5-4-6-18(21)14-23-12-11-22(15-19(23)10-13-24)16-20-9-8-17(2)26-20/h4-9,19,24H,3,10-16H2,1-2H3/t19-/m0/s1. The number of hydrogen-bond donors (Lipinski definition) is 1. The summed E-state index contributed by atoms with van der Waals surface area (Å²) in [5.41, 5.74) is 1.22. The van der Waals surface area contributed by atoms with Crippen LogP contribution in [0.2, 0.25) is 0 Å². The highest BCUT2D eigenvalue weighted by molar-refractivity contribution is 5.33. The van der Waals surface area contributed by atoms with E-state index in [9.17, 15) is 5.11 Å². The van der Waals surface area contributed by atoms with Crippen LogP contribution in [0, 0.1) is 6.92 Å². The lowest BCUT2D eigenvalue weighted by Gasteiger charge is -2.41. The summed E-state index contributed by atoms with van der Waals surface area (Å²) in [6.45, 7) is 9.48. The van der Waals surface area contributed by atoms with Crippen molar-refractivity contribution in [2.75, 3.05) is 32.8 Å². The molecule has 1 aliphatic heterocycles. The van der Waals surface area contributed by atoms with E-state index in [1.165, 1.54) is 5.56 Å². The molecule has 0 amide bonds. The number of aliphatic hydroxyl groups is 1. The zero-order chi connectivity index (χ0) is 18.4. The van der Waals surface area contributed by atoms with Gasteiger partial charge in [0.2, 0.25) is 0 Å². The van der Waals surface area contributed by atoms with Crippen molar-refractivity contribution in [3.63, 3.8) is 0 Å². The number of rotatable bonds is 8. The zero-order valence-corrected chi connectivity index (χ0v) is 15.9. The monoisotopic (exact) mass is 358 g/mol. The molecule has 5 nitrogen and oxygen atoms in total. The fourth-order valence-corrected chi connectivity index (χ4v) is 3.67. The molecule has 26 heavy (non-hydrogen) atoms. The van der Waals surface area contributed by atoms with E-state index in [0.29, 0.717) is 12.6 Å². The van der Waals surface area contributed by atoms with Crippen LogP contribution in [0.3, 0.4) is 0 Å². The van der Waals surface area contributed by atoms with Crippen molar-refractivity contribution in [1.29, 1.82) is 0 Å². The van der Waals surface area contributed by atoms with Crippen LogP contribution in [0.15, 0.2) is 40.8 Å². The molecular formula is C21H30N2O3. The second kappa shape index (κ2) is 9.21. The molecule has 1 aromatic carbocycles. The Bertz CT molecular complexity index is 685. The van der Waals surface area contributed by atoms with Crippen molar-refractivity contribution >= 4 is 0 Å². The third-order valence-electron chi connectivity index (χ3n) is 4.97. The van der Waals surface area contributed by atoms with Gasteiger partial charge in [-0.1, -0.05) is 18.2 Å². The molecule has 0 aliphatic carbocycles. The lowest BCUT2D eigenvalue weighted by atomic mass is 10.1. The van der Waals surface area contributed by atoms with Crippen molar-refractivity contribution in [1.82, 2.24) is 9.80 Å². The minimum atomic E-state index is 0.210. The molecule has 2 aromatic rings. The van der Waals surface area contributed by atoms with Gasteiger partial charge in [0.05, 0.1) is 13.2 Å². The molecule has 2 heterocycles. The summed E-state index contributed by atoms with van der Waals surface area (Å²) in [6.07, 6.45) is 0.782. The summed E-state index contributed by atoms with van der Waals surface area (Å²) >= 11 is 0. The highest BCUT2D eigenvalue weighted by Gasteiger charge is 2.27. The highest BCUT2D eigenvalue weighted by atomic mass is 16.5. The van der Waals surface area contributed by atoms with Gasteiger partial charge in [0.1, 0.15) is 17.3 Å². The normalized spacial score (nSPS) is 19.0. The van der Waals surface area contributed by atoms with Gasteiger partial charge in [-0.3, -0.25) is 9.80 Å². The first-order valence-corrected chi connectivity index (χ1v) is 9.53. The molecule has 142 valence electrons. The predicted octanol–water partition coefficient (Wildman–Crippen LogP) is 3.06. The lowest BCUT2D eigenvalue weighted by molar-refractivity contribution is 0.0462. The molecule has 3 rings (SSSR count). The first-order chi connectivity index (χ1) is 12.7. The van der Waals surface area contributed by atoms with E-state index in [1.54, 1.807) is 0 Å². The van der Waals surface area contributed by atoms with Gasteiger partial charge < -0.3 is 14.3 Å². The van der Waals surface area contributed by atoms with Crippen LogP contribution in [0.5, 0.6) is 5.75 Å². The largest absolute Gasteiger partial charge is 0.494 e. The van der Waals surface area contributed by atoms with Gasteiger partial charge in [-0.15, -0.1) is 0 Å². The minimum Gasteiger partial charge on any atom is -0.494 e. The average molecular weight is 358 g/mol. The molecule has 0 bridgehead atoms. The number of aliphatic hydroxyl groups excluding tert-OH is 1. The van der Waals surface area contributed by atoms with Crippen molar-refractivity contribution in [2.45, 2.75) is 39.4 Å². The Balaban J connectivity index is 1.65. The summed E-state index contributed by atoms with van der Waals surface area (Å²) in [7, 11) is 0. The molecule has 1 aliphatic rings. The number of benzene rings is 1. The molecule has 1 atom stereocenters. The summed E-state index contributed by atoms with van der Waals surface area (Å²) in [5.74, 6) is 2.93. The maximum atomic E-state index is 9.53. The van der Waals surface area contributed by atoms with Crippen LogP contribution in [0.4, 0.5) is 0 Å². The van der Waals surface area contributed by atoms with Crippen molar-refractivity contribution in [2.24, 2.45) is 0 Å². The Morgan fingerprint density at radius 3 is 2.73 bits per heavy atom. The van der Waals surface area contributed by atoms with Gasteiger partial charge in [0.15, 0.2) is 0 Å². The summed E-state index contributed by atoms with van der Waals surface area (Å²) < 4.78 is 11.5. The van der Waals surface area contributed by atoms with Crippen molar-refractivity contribution < 1.29 is 14.3 Å². The highest BCUT2D eigenvalue weighted by Crippen LogP contribution is 2.24. The van der Waals surface area contributed by atoms with Crippen LogP contribution in [-0.4, -0.2) is 53.8 Å². The molecule has 1 aromatic heterocycles. The third kappa shape index (κ3) is 4.87. The summed E-state index contributed by atoms with van der Waals surface area (Å²) in [4.78, 5) is 4.89. The fraction of sp³-hybridized carbons (Fsp3) is 0.524. The van der Waals surface area contributed by atoms with Crippen LogP contribution < -0.4 is 4.74 Å². The van der Waals surface area contributed by atoms with Gasteiger partial charge in [0, 0.05) is 44.4 Å². The average Bonchev–Trinajstić information content (AvgIpc) is 3.04. The van der Waals surface area contributed by atoms with E-state index < -0.39 is 0 Å². The first kappa shape index (κ1) is 19.0. The van der Waals surface area contributed by atoms with Crippen molar-refractivity contribution in [3.05, 3.63) is 53.5 Å². The van der Waals surface area contributed by atoms with Gasteiger partial charge in [-0.25, -0.2) is 0 Å². The Morgan fingerprint density at radius 1 is 1.15 bits per heavy atom. The topological polar surface area (TPSA) is 49.1 Å². The molecule has 1 fully saturated rings. The molecular weight excluding hydrogens is 328 g/mol. The minimum absolute atomic E-state index is 0.210. The van der Waals surface area contributed by atoms with E-state index in [0.717, 1.165) is 56.4 Å². The Kier molecular flexibility index (Phi) is 6.72. The third-order valence-corrected chi connectivity index (χ3v) is 4.97. The molecule has 0 spiro atoms. The van der Waals surface area contributed by atoms with Crippen LogP contribution in [0.25, 0.3) is 0 Å². The van der Waals surface area contributed by atoms with E-state index in [2.05, 4.69) is 28.0 Å². The SMILES string of the molecule is CCOc1ccccc1CN1CCN(Cc2ccc(C)o2)C[C@@H]1CCO. The number of nitrogens with zero attached hydrogens (tertiary/aromatic N) is 2. The fourth-order valence-electron chi connectivity index (χ4n) is 3.67. The molecule has 5 heteroatoms. The number of aryl methyl sites for hydroxylation is 1. The van der Waals surface area contributed by atoms with Gasteiger partial charge in [-0.2, -0.15) is 0 Å². The van der Waals surface area contributed by atoms with E-state index in [1.807, 2.05) is 32.0 Å². The van der Waals surface area contributed by atoms with Crippen LogP contribution in [-0.2, 0) is 13.1 Å². The van der Waals surface area contributed by atoms with E-state index >= 15 is 0 Å². The van der Waals surface area contributed by atoms with Crippen molar-refractivity contribution in [3.8, 4) is 5.75 Å². The smallest absolute Gasteiger partial charge is 0.123 e.